The molecule has 2 rings (SSSR count). The topological polar surface area (TPSA) is 12.4 Å². The number of rotatable bonds is 6. The normalized spacial score (nSPS) is 18.2. The van der Waals surface area contributed by atoms with E-state index in [4.69, 9.17) is 0 Å². The highest BCUT2D eigenvalue weighted by atomic mass is 14.7. The fourth-order valence-electron chi connectivity index (χ4n) is 2.39. The molecule has 0 bridgehead atoms. The van der Waals surface area contributed by atoms with Crippen LogP contribution in [0.25, 0.3) is 0 Å². The Kier molecular flexibility index (Phi) is 5.14. The molecule has 100 valence electrons. The Bertz CT molecular complexity index is 494. The van der Waals surface area contributed by atoms with Crippen LogP contribution in [0.15, 0.2) is 53.1 Å². The standard InChI is InChI=1S/C18H23N/c1-3-4-12-19-13-11-16-7-5-6-8-18(16)17-10-9-15(2)14-17/h5-10,13-14,17H,3-4,11-12H2,1-2H3. The molecule has 0 amide bonds. The summed E-state index contributed by atoms with van der Waals surface area (Å²) in [6.07, 6.45) is 12.2. The van der Waals surface area contributed by atoms with E-state index in [0.717, 1.165) is 13.0 Å². The molecule has 1 nitrogen and oxygen atoms in total. The fourth-order valence-corrected chi connectivity index (χ4v) is 2.39. The summed E-state index contributed by atoms with van der Waals surface area (Å²) in [6.45, 7) is 5.32. The second-order valence-electron chi connectivity index (χ2n) is 5.14. The summed E-state index contributed by atoms with van der Waals surface area (Å²) in [5.41, 5.74) is 4.16. The minimum Gasteiger partial charge on any atom is -0.297 e. The first kappa shape index (κ1) is 13.8. The van der Waals surface area contributed by atoms with Gasteiger partial charge in [0, 0.05) is 25.1 Å². The average molecular weight is 253 g/mol. The summed E-state index contributed by atoms with van der Waals surface area (Å²) in [5.74, 6) is 0.445. The summed E-state index contributed by atoms with van der Waals surface area (Å²) < 4.78 is 0. The summed E-state index contributed by atoms with van der Waals surface area (Å²) in [6, 6.07) is 8.70. The smallest absolute Gasteiger partial charge is 0.0385 e. The summed E-state index contributed by atoms with van der Waals surface area (Å²) >= 11 is 0. The first-order valence-electron chi connectivity index (χ1n) is 7.24. The van der Waals surface area contributed by atoms with Gasteiger partial charge in [-0.05, 0) is 24.5 Å². The summed E-state index contributed by atoms with van der Waals surface area (Å²) in [4.78, 5) is 4.48. The maximum absolute atomic E-state index is 4.48. The molecule has 0 aromatic heterocycles. The van der Waals surface area contributed by atoms with Crippen LogP contribution in [0.3, 0.4) is 0 Å². The van der Waals surface area contributed by atoms with Crippen molar-refractivity contribution in [3.8, 4) is 0 Å². The molecular formula is C18H23N. The molecule has 19 heavy (non-hydrogen) atoms. The second kappa shape index (κ2) is 7.08. The molecule has 0 saturated carbocycles. The van der Waals surface area contributed by atoms with Crippen molar-refractivity contribution in [2.45, 2.75) is 39.0 Å². The fraction of sp³-hybridized carbons (Fsp3) is 0.389. The Morgan fingerprint density at radius 3 is 2.84 bits per heavy atom. The van der Waals surface area contributed by atoms with Gasteiger partial charge in [0.2, 0.25) is 0 Å². The lowest BCUT2D eigenvalue weighted by atomic mass is 9.94. The Morgan fingerprint density at radius 2 is 2.11 bits per heavy atom. The summed E-state index contributed by atoms with van der Waals surface area (Å²) in [5, 5.41) is 0. The first-order valence-corrected chi connectivity index (χ1v) is 7.24. The molecule has 1 aromatic rings. The molecule has 0 N–H and O–H groups in total. The largest absolute Gasteiger partial charge is 0.297 e. The van der Waals surface area contributed by atoms with Crippen molar-refractivity contribution in [3.05, 3.63) is 59.2 Å². The zero-order valence-corrected chi connectivity index (χ0v) is 12.0. The van der Waals surface area contributed by atoms with Gasteiger partial charge in [-0.3, -0.25) is 4.99 Å². The number of unbranched alkanes of at least 4 members (excludes halogenated alkanes) is 1. The lowest BCUT2D eigenvalue weighted by molar-refractivity contribution is 0.809. The number of hydrogen-bond donors (Lipinski definition) is 0. The molecule has 1 aliphatic carbocycles. The van der Waals surface area contributed by atoms with E-state index in [1.807, 2.05) is 0 Å². The number of nitrogens with zero attached hydrogens (tertiary/aromatic N) is 1. The van der Waals surface area contributed by atoms with Crippen LogP contribution in [0.2, 0.25) is 0 Å². The highest BCUT2D eigenvalue weighted by molar-refractivity contribution is 5.63. The first-order chi connectivity index (χ1) is 9.31. The van der Waals surface area contributed by atoms with Crippen LogP contribution in [0.1, 0.15) is 43.7 Å². The molecule has 0 radical (unpaired) electrons. The lowest BCUT2D eigenvalue weighted by Gasteiger charge is -2.11. The van der Waals surface area contributed by atoms with E-state index in [2.05, 4.69) is 67.5 Å². The van der Waals surface area contributed by atoms with E-state index in [-0.39, 0.29) is 0 Å². The molecule has 0 heterocycles. The van der Waals surface area contributed by atoms with Crippen LogP contribution in [0, 0.1) is 0 Å². The maximum Gasteiger partial charge on any atom is 0.0385 e. The van der Waals surface area contributed by atoms with Crippen molar-refractivity contribution in [2.24, 2.45) is 4.99 Å². The van der Waals surface area contributed by atoms with Crippen LogP contribution in [-0.4, -0.2) is 12.8 Å². The molecule has 0 aliphatic heterocycles. The zero-order valence-electron chi connectivity index (χ0n) is 12.0. The number of aliphatic imine (C=N–C) groups is 1. The van der Waals surface area contributed by atoms with Crippen LogP contribution < -0.4 is 0 Å². The van der Waals surface area contributed by atoms with E-state index >= 15 is 0 Å². The Hall–Kier alpha value is -1.63. The van der Waals surface area contributed by atoms with Gasteiger partial charge in [0.25, 0.3) is 0 Å². The van der Waals surface area contributed by atoms with Crippen molar-refractivity contribution < 1.29 is 0 Å². The minimum atomic E-state index is 0.445. The Balaban J connectivity index is 2.05. The lowest BCUT2D eigenvalue weighted by Crippen LogP contribution is -1.98. The zero-order chi connectivity index (χ0) is 13.5. The quantitative estimate of drug-likeness (QED) is 0.515. The molecule has 0 spiro atoms. The van der Waals surface area contributed by atoms with Crippen molar-refractivity contribution in [3.63, 3.8) is 0 Å². The molecular weight excluding hydrogens is 230 g/mol. The third kappa shape index (κ3) is 3.92. The predicted molar refractivity (Wildman–Crippen MR) is 84.1 cm³/mol. The monoisotopic (exact) mass is 253 g/mol. The van der Waals surface area contributed by atoms with Gasteiger partial charge in [0.05, 0.1) is 0 Å². The van der Waals surface area contributed by atoms with E-state index in [1.165, 1.54) is 29.5 Å². The van der Waals surface area contributed by atoms with Gasteiger partial charge in [-0.1, -0.05) is 61.4 Å². The second-order valence-corrected chi connectivity index (χ2v) is 5.14. The summed E-state index contributed by atoms with van der Waals surface area (Å²) in [7, 11) is 0. The third-order valence-electron chi connectivity index (χ3n) is 3.50. The van der Waals surface area contributed by atoms with Gasteiger partial charge in [0.15, 0.2) is 0 Å². The van der Waals surface area contributed by atoms with Gasteiger partial charge < -0.3 is 0 Å². The van der Waals surface area contributed by atoms with E-state index in [9.17, 15) is 0 Å². The number of allylic oxidation sites excluding steroid dienone is 4. The molecule has 1 heteroatoms. The predicted octanol–water partition coefficient (Wildman–Crippen LogP) is 4.70. The SMILES string of the molecule is CCCCN=CCc1ccccc1C1C=CC(C)=C1. The van der Waals surface area contributed by atoms with Crippen LogP contribution in [-0.2, 0) is 6.42 Å². The van der Waals surface area contributed by atoms with Gasteiger partial charge in [0.1, 0.15) is 0 Å². The van der Waals surface area contributed by atoms with Crippen molar-refractivity contribution in [1.29, 1.82) is 0 Å². The molecule has 1 unspecified atom stereocenters. The Morgan fingerprint density at radius 1 is 1.26 bits per heavy atom. The molecule has 1 aliphatic rings. The molecule has 0 fully saturated rings. The van der Waals surface area contributed by atoms with E-state index < -0.39 is 0 Å². The number of hydrogen-bond acceptors (Lipinski definition) is 1. The van der Waals surface area contributed by atoms with Gasteiger partial charge in [-0.25, -0.2) is 0 Å². The van der Waals surface area contributed by atoms with Crippen LogP contribution in [0.5, 0.6) is 0 Å². The highest BCUT2D eigenvalue weighted by Crippen LogP contribution is 2.28. The third-order valence-corrected chi connectivity index (χ3v) is 3.50. The number of benzene rings is 1. The van der Waals surface area contributed by atoms with E-state index in [1.54, 1.807) is 0 Å². The van der Waals surface area contributed by atoms with Gasteiger partial charge >= 0.3 is 0 Å². The highest BCUT2D eigenvalue weighted by Gasteiger charge is 2.12. The van der Waals surface area contributed by atoms with Crippen LogP contribution in [0.4, 0.5) is 0 Å². The Labute approximate surface area is 116 Å². The van der Waals surface area contributed by atoms with Gasteiger partial charge in [-0.15, -0.1) is 0 Å². The molecule has 1 atom stereocenters. The van der Waals surface area contributed by atoms with Crippen LogP contribution >= 0.6 is 0 Å². The van der Waals surface area contributed by atoms with Crippen molar-refractivity contribution in [2.75, 3.05) is 6.54 Å². The van der Waals surface area contributed by atoms with Crippen molar-refractivity contribution >= 4 is 6.21 Å². The van der Waals surface area contributed by atoms with Crippen molar-refractivity contribution in [1.82, 2.24) is 0 Å². The minimum absolute atomic E-state index is 0.445. The van der Waals surface area contributed by atoms with E-state index in [0.29, 0.717) is 5.92 Å². The average Bonchev–Trinajstić information content (AvgIpc) is 2.85. The molecule has 1 aromatic carbocycles. The van der Waals surface area contributed by atoms with Gasteiger partial charge in [-0.2, -0.15) is 0 Å². The maximum atomic E-state index is 4.48. The molecule has 0 saturated heterocycles.